The molecule has 0 fully saturated rings. The number of hydrogen-bond acceptors (Lipinski definition) is 2. The Kier molecular flexibility index (Phi) is 3.19. The molecule has 2 aliphatic rings. The molecule has 4 rings (SSSR count). The van der Waals surface area contributed by atoms with Crippen molar-refractivity contribution in [3.05, 3.63) is 64.7 Å². The Morgan fingerprint density at radius 1 is 1.05 bits per heavy atom. The third-order valence-electron chi connectivity index (χ3n) is 4.71. The monoisotopic (exact) mass is 280 g/mol. The van der Waals surface area contributed by atoms with E-state index in [1.54, 1.807) is 0 Å². The molecule has 2 heteroatoms. The molecule has 1 aliphatic carbocycles. The van der Waals surface area contributed by atoms with Crippen molar-refractivity contribution in [2.45, 2.75) is 44.3 Å². The van der Waals surface area contributed by atoms with Gasteiger partial charge < -0.3 is 9.84 Å². The van der Waals surface area contributed by atoms with Crippen LogP contribution < -0.4 is 4.74 Å². The molecule has 21 heavy (non-hydrogen) atoms. The normalized spacial score (nSPS) is 20.7. The number of aryl methyl sites for hydroxylation is 2. The number of fused-ring (bicyclic) bond motifs is 2. The molecule has 2 atom stereocenters. The van der Waals surface area contributed by atoms with Gasteiger partial charge in [-0.05, 0) is 47.6 Å². The number of para-hydroxylation sites is 1. The maximum Gasteiger partial charge on any atom is 0.129 e. The van der Waals surface area contributed by atoms with Crippen molar-refractivity contribution in [3.8, 4) is 5.75 Å². The van der Waals surface area contributed by atoms with Crippen molar-refractivity contribution in [2.75, 3.05) is 0 Å². The summed E-state index contributed by atoms with van der Waals surface area (Å²) in [4.78, 5) is 0. The minimum Gasteiger partial charge on any atom is -0.487 e. The lowest BCUT2D eigenvalue weighted by molar-refractivity contribution is 0.0503. The molecule has 2 unspecified atom stereocenters. The van der Waals surface area contributed by atoms with Crippen LogP contribution in [-0.4, -0.2) is 17.3 Å². The highest BCUT2D eigenvalue weighted by Gasteiger charge is 2.29. The molecule has 0 bridgehead atoms. The molecule has 108 valence electrons. The van der Waals surface area contributed by atoms with Gasteiger partial charge in [-0.3, -0.25) is 0 Å². The summed E-state index contributed by atoms with van der Waals surface area (Å²) in [6.45, 7) is 0. The van der Waals surface area contributed by atoms with E-state index >= 15 is 0 Å². The van der Waals surface area contributed by atoms with Gasteiger partial charge in [0, 0.05) is 12.8 Å². The number of aliphatic hydroxyl groups excluding tert-OH is 1. The Morgan fingerprint density at radius 3 is 2.81 bits per heavy atom. The van der Waals surface area contributed by atoms with Gasteiger partial charge in [0.25, 0.3) is 0 Å². The number of hydrogen-bond donors (Lipinski definition) is 1. The SMILES string of the molecule is OC(Cc1ccc2c(c1)CCC2)C1Cc2ccccc2O1. The van der Waals surface area contributed by atoms with Crippen LogP contribution in [0.5, 0.6) is 5.75 Å². The van der Waals surface area contributed by atoms with Crippen LogP contribution in [0.3, 0.4) is 0 Å². The Balaban J connectivity index is 1.46. The maximum atomic E-state index is 10.5. The van der Waals surface area contributed by atoms with E-state index in [0.29, 0.717) is 6.42 Å². The van der Waals surface area contributed by atoms with Gasteiger partial charge in [-0.2, -0.15) is 0 Å². The van der Waals surface area contributed by atoms with Crippen molar-refractivity contribution >= 4 is 0 Å². The highest BCUT2D eigenvalue weighted by atomic mass is 16.5. The molecule has 1 N–H and O–H groups in total. The van der Waals surface area contributed by atoms with E-state index in [1.165, 1.54) is 41.5 Å². The molecule has 2 aromatic carbocycles. The lowest BCUT2D eigenvalue weighted by Crippen LogP contribution is -2.32. The third-order valence-corrected chi connectivity index (χ3v) is 4.71. The van der Waals surface area contributed by atoms with Gasteiger partial charge in [0.1, 0.15) is 11.9 Å². The molecule has 1 aliphatic heterocycles. The first kappa shape index (κ1) is 12.9. The molecule has 0 spiro atoms. The van der Waals surface area contributed by atoms with Crippen LogP contribution in [0.1, 0.15) is 28.7 Å². The smallest absolute Gasteiger partial charge is 0.129 e. The molecule has 2 aromatic rings. The average Bonchev–Trinajstić information content (AvgIpc) is 3.13. The number of ether oxygens (including phenoxy) is 1. The second-order valence-electron chi connectivity index (χ2n) is 6.20. The number of rotatable bonds is 3. The van der Waals surface area contributed by atoms with Crippen molar-refractivity contribution in [1.82, 2.24) is 0 Å². The second-order valence-corrected chi connectivity index (χ2v) is 6.20. The van der Waals surface area contributed by atoms with Gasteiger partial charge in [0.05, 0.1) is 6.10 Å². The summed E-state index contributed by atoms with van der Waals surface area (Å²) in [6, 6.07) is 14.7. The van der Waals surface area contributed by atoms with E-state index in [9.17, 15) is 5.11 Å². The van der Waals surface area contributed by atoms with Crippen LogP contribution in [0.2, 0.25) is 0 Å². The van der Waals surface area contributed by atoms with Crippen LogP contribution in [-0.2, 0) is 25.7 Å². The third kappa shape index (κ3) is 2.44. The molecule has 0 aromatic heterocycles. The van der Waals surface area contributed by atoms with Crippen LogP contribution in [0, 0.1) is 0 Å². The standard InChI is InChI=1S/C19H20O2/c20-17(19-12-16-4-1-2-7-18(16)21-19)11-13-8-9-14-5-3-6-15(14)10-13/h1-2,4,7-10,17,19-20H,3,5-6,11-12H2. The fraction of sp³-hybridized carbons (Fsp3) is 0.368. The van der Waals surface area contributed by atoms with Gasteiger partial charge in [-0.25, -0.2) is 0 Å². The van der Waals surface area contributed by atoms with Crippen LogP contribution >= 0.6 is 0 Å². The maximum absolute atomic E-state index is 10.5. The molecule has 1 heterocycles. The summed E-state index contributed by atoms with van der Waals surface area (Å²) < 4.78 is 5.88. The molecule has 2 nitrogen and oxygen atoms in total. The minimum atomic E-state index is -0.447. The van der Waals surface area contributed by atoms with Gasteiger partial charge in [-0.1, -0.05) is 36.4 Å². The summed E-state index contributed by atoms with van der Waals surface area (Å²) >= 11 is 0. The zero-order chi connectivity index (χ0) is 14.2. The second kappa shape index (κ2) is 5.19. The van der Waals surface area contributed by atoms with E-state index in [4.69, 9.17) is 4.74 Å². The fourth-order valence-corrected chi connectivity index (χ4v) is 3.55. The van der Waals surface area contributed by atoms with Crippen LogP contribution in [0.15, 0.2) is 42.5 Å². The van der Waals surface area contributed by atoms with Gasteiger partial charge in [-0.15, -0.1) is 0 Å². The minimum absolute atomic E-state index is 0.115. The summed E-state index contributed by atoms with van der Waals surface area (Å²) in [5.74, 6) is 0.926. The lowest BCUT2D eigenvalue weighted by atomic mass is 9.98. The summed E-state index contributed by atoms with van der Waals surface area (Å²) in [7, 11) is 0. The molecular weight excluding hydrogens is 260 g/mol. The van der Waals surface area contributed by atoms with E-state index in [2.05, 4.69) is 24.3 Å². The van der Waals surface area contributed by atoms with Crippen molar-refractivity contribution in [1.29, 1.82) is 0 Å². The van der Waals surface area contributed by atoms with Crippen molar-refractivity contribution < 1.29 is 9.84 Å². The first-order chi connectivity index (χ1) is 10.3. The van der Waals surface area contributed by atoms with Crippen molar-refractivity contribution in [3.63, 3.8) is 0 Å². The summed E-state index contributed by atoms with van der Waals surface area (Å²) in [5.41, 5.74) is 5.38. The zero-order valence-corrected chi connectivity index (χ0v) is 12.1. The van der Waals surface area contributed by atoms with E-state index in [1.807, 2.05) is 18.2 Å². The number of benzene rings is 2. The molecule has 0 saturated heterocycles. The van der Waals surface area contributed by atoms with E-state index in [0.717, 1.165) is 12.2 Å². The predicted molar refractivity (Wildman–Crippen MR) is 82.7 cm³/mol. The van der Waals surface area contributed by atoms with Gasteiger partial charge >= 0.3 is 0 Å². The van der Waals surface area contributed by atoms with Crippen molar-refractivity contribution in [2.24, 2.45) is 0 Å². The van der Waals surface area contributed by atoms with Crippen LogP contribution in [0.25, 0.3) is 0 Å². The largest absolute Gasteiger partial charge is 0.487 e. The molecule has 0 radical (unpaired) electrons. The zero-order valence-electron chi connectivity index (χ0n) is 12.1. The first-order valence-corrected chi connectivity index (χ1v) is 7.83. The number of aliphatic hydroxyl groups is 1. The van der Waals surface area contributed by atoms with Gasteiger partial charge in [0.2, 0.25) is 0 Å². The fourth-order valence-electron chi connectivity index (χ4n) is 3.55. The Labute approximate surface area is 125 Å². The van der Waals surface area contributed by atoms with E-state index < -0.39 is 6.10 Å². The highest BCUT2D eigenvalue weighted by molar-refractivity contribution is 5.38. The Morgan fingerprint density at radius 2 is 1.90 bits per heavy atom. The van der Waals surface area contributed by atoms with E-state index in [-0.39, 0.29) is 6.10 Å². The lowest BCUT2D eigenvalue weighted by Gasteiger charge is -2.18. The summed E-state index contributed by atoms with van der Waals surface area (Å²) in [5, 5.41) is 10.5. The average molecular weight is 280 g/mol. The highest BCUT2D eigenvalue weighted by Crippen LogP contribution is 2.30. The Bertz CT molecular complexity index is 637. The first-order valence-electron chi connectivity index (χ1n) is 7.83. The topological polar surface area (TPSA) is 29.5 Å². The van der Waals surface area contributed by atoms with Crippen LogP contribution in [0.4, 0.5) is 0 Å². The Hall–Kier alpha value is -1.80. The molecule has 0 amide bonds. The predicted octanol–water partition coefficient (Wildman–Crippen LogP) is 3.08. The molecular formula is C19H20O2. The van der Waals surface area contributed by atoms with Gasteiger partial charge in [0.15, 0.2) is 0 Å². The molecule has 0 saturated carbocycles. The summed E-state index contributed by atoms with van der Waals surface area (Å²) in [6.07, 6.45) is 4.58. The quantitative estimate of drug-likeness (QED) is 0.936.